The van der Waals surface area contributed by atoms with Gasteiger partial charge in [-0.2, -0.15) is 5.10 Å². The Morgan fingerprint density at radius 2 is 1.80 bits per heavy atom. The van der Waals surface area contributed by atoms with Crippen LogP contribution in [0, 0.1) is 0 Å². The highest BCUT2D eigenvalue weighted by Crippen LogP contribution is 2.31. The van der Waals surface area contributed by atoms with Gasteiger partial charge in [-0.3, -0.25) is 4.68 Å². The number of rotatable bonds is 7. The van der Waals surface area contributed by atoms with E-state index in [-0.39, 0.29) is 6.03 Å². The van der Waals surface area contributed by atoms with E-state index >= 15 is 0 Å². The van der Waals surface area contributed by atoms with Gasteiger partial charge in [-0.05, 0) is 41.8 Å². The molecular weight excluding hydrogens is 380 g/mol. The van der Waals surface area contributed by atoms with Gasteiger partial charge in [0.15, 0.2) is 11.5 Å². The summed E-state index contributed by atoms with van der Waals surface area (Å²) in [6.07, 6.45) is 3.71. The molecule has 7 heteroatoms. The Bertz CT molecular complexity index is 971. The fourth-order valence-corrected chi connectivity index (χ4v) is 3.37. The molecule has 0 aliphatic carbocycles. The number of carbonyl (C=O) groups is 1. The van der Waals surface area contributed by atoms with Crippen LogP contribution in [0.2, 0.25) is 0 Å². The Morgan fingerprint density at radius 1 is 1.07 bits per heavy atom. The Labute approximate surface area is 176 Å². The van der Waals surface area contributed by atoms with Crippen LogP contribution in [0.15, 0.2) is 60.9 Å². The van der Waals surface area contributed by atoms with Gasteiger partial charge in [-0.25, -0.2) is 4.79 Å². The van der Waals surface area contributed by atoms with Crippen molar-refractivity contribution in [1.82, 2.24) is 20.0 Å². The standard InChI is InChI=1S/C23H26N4O3/c1-2-26(16-20-8-9-21-22(14-20)30-13-12-29-21)23(28)24-15-18-4-6-19(7-5-18)17-27-11-3-10-25-27/h3-11,14H,2,12-13,15-17H2,1H3,(H,24,28). The predicted octanol–water partition coefficient (Wildman–Crippen LogP) is 3.43. The molecule has 3 aromatic rings. The summed E-state index contributed by atoms with van der Waals surface area (Å²) in [6.45, 7) is 5.44. The zero-order valence-corrected chi connectivity index (χ0v) is 17.1. The van der Waals surface area contributed by atoms with E-state index in [4.69, 9.17) is 9.47 Å². The molecule has 0 radical (unpaired) electrons. The van der Waals surface area contributed by atoms with Crippen LogP contribution >= 0.6 is 0 Å². The highest BCUT2D eigenvalue weighted by atomic mass is 16.6. The predicted molar refractivity (Wildman–Crippen MR) is 114 cm³/mol. The molecule has 0 spiro atoms. The molecule has 1 N–H and O–H groups in total. The van der Waals surface area contributed by atoms with E-state index in [1.807, 2.05) is 54.2 Å². The number of hydrogen-bond donors (Lipinski definition) is 1. The molecule has 0 saturated heterocycles. The number of urea groups is 1. The van der Waals surface area contributed by atoms with E-state index in [0.717, 1.165) is 29.2 Å². The molecule has 0 saturated carbocycles. The Balaban J connectivity index is 1.31. The van der Waals surface area contributed by atoms with E-state index in [0.29, 0.717) is 32.8 Å². The summed E-state index contributed by atoms with van der Waals surface area (Å²) < 4.78 is 13.1. The molecule has 0 atom stereocenters. The van der Waals surface area contributed by atoms with Gasteiger partial charge in [0.1, 0.15) is 13.2 Å². The highest BCUT2D eigenvalue weighted by molar-refractivity contribution is 5.74. The zero-order valence-electron chi connectivity index (χ0n) is 17.1. The first-order valence-corrected chi connectivity index (χ1v) is 10.2. The van der Waals surface area contributed by atoms with Crippen molar-refractivity contribution in [1.29, 1.82) is 0 Å². The molecular formula is C23H26N4O3. The number of benzene rings is 2. The van der Waals surface area contributed by atoms with Crippen LogP contribution < -0.4 is 14.8 Å². The molecule has 0 unspecified atom stereocenters. The molecule has 4 rings (SSSR count). The van der Waals surface area contributed by atoms with E-state index in [2.05, 4.69) is 22.5 Å². The van der Waals surface area contributed by atoms with Crippen LogP contribution in [-0.2, 0) is 19.6 Å². The monoisotopic (exact) mass is 406 g/mol. The second-order valence-corrected chi connectivity index (χ2v) is 7.17. The van der Waals surface area contributed by atoms with Crippen molar-refractivity contribution < 1.29 is 14.3 Å². The van der Waals surface area contributed by atoms with Crippen molar-refractivity contribution in [2.45, 2.75) is 26.6 Å². The summed E-state index contributed by atoms with van der Waals surface area (Å²) in [6, 6.07) is 15.9. The lowest BCUT2D eigenvalue weighted by molar-refractivity contribution is 0.171. The first-order chi connectivity index (χ1) is 14.7. The molecule has 7 nitrogen and oxygen atoms in total. The third-order valence-corrected chi connectivity index (χ3v) is 5.02. The molecule has 1 aromatic heterocycles. The maximum atomic E-state index is 12.7. The Morgan fingerprint density at radius 3 is 2.53 bits per heavy atom. The molecule has 1 aliphatic heterocycles. The van der Waals surface area contributed by atoms with Crippen LogP contribution in [-0.4, -0.2) is 40.5 Å². The van der Waals surface area contributed by atoms with Crippen LogP contribution in [0.3, 0.4) is 0 Å². The Hall–Kier alpha value is -3.48. The van der Waals surface area contributed by atoms with Gasteiger partial charge in [0.25, 0.3) is 0 Å². The van der Waals surface area contributed by atoms with Crippen LogP contribution in [0.1, 0.15) is 23.6 Å². The molecule has 0 fully saturated rings. The quantitative estimate of drug-likeness (QED) is 0.653. The maximum Gasteiger partial charge on any atom is 0.317 e. The van der Waals surface area contributed by atoms with Gasteiger partial charge in [0.2, 0.25) is 0 Å². The minimum Gasteiger partial charge on any atom is -0.486 e. The van der Waals surface area contributed by atoms with Gasteiger partial charge < -0.3 is 19.7 Å². The number of nitrogens with one attached hydrogen (secondary N) is 1. The number of hydrogen-bond acceptors (Lipinski definition) is 4. The van der Waals surface area contributed by atoms with Gasteiger partial charge in [0, 0.05) is 32.0 Å². The summed E-state index contributed by atoms with van der Waals surface area (Å²) in [5.41, 5.74) is 3.24. The molecule has 0 bridgehead atoms. The van der Waals surface area contributed by atoms with Gasteiger partial charge in [0.05, 0.1) is 6.54 Å². The summed E-state index contributed by atoms with van der Waals surface area (Å²) >= 11 is 0. The maximum absolute atomic E-state index is 12.7. The highest BCUT2D eigenvalue weighted by Gasteiger charge is 2.15. The van der Waals surface area contributed by atoms with E-state index in [1.54, 1.807) is 11.1 Å². The summed E-state index contributed by atoms with van der Waals surface area (Å²) in [5, 5.41) is 7.23. The second-order valence-electron chi connectivity index (χ2n) is 7.17. The molecule has 30 heavy (non-hydrogen) atoms. The molecule has 2 amide bonds. The Kier molecular flexibility index (Phi) is 6.17. The van der Waals surface area contributed by atoms with Gasteiger partial charge in [-0.15, -0.1) is 0 Å². The number of nitrogens with zero attached hydrogens (tertiary/aromatic N) is 3. The first-order valence-electron chi connectivity index (χ1n) is 10.2. The van der Waals surface area contributed by atoms with Crippen LogP contribution in [0.25, 0.3) is 0 Å². The van der Waals surface area contributed by atoms with E-state index < -0.39 is 0 Å². The number of amides is 2. The van der Waals surface area contributed by atoms with Crippen molar-refractivity contribution in [3.05, 3.63) is 77.6 Å². The van der Waals surface area contributed by atoms with Gasteiger partial charge >= 0.3 is 6.03 Å². The first kappa shape index (κ1) is 19.8. The smallest absolute Gasteiger partial charge is 0.317 e. The average molecular weight is 406 g/mol. The topological polar surface area (TPSA) is 68.6 Å². The third kappa shape index (κ3) is 4.92. The number of fused-ring (bicyclic) bond motifs is 1. The SMILES string of the molecule is CCN(Cc1ccc2c(c1)OCCO2)C(=O)NCc1ccc(Cn2cccn2)cc1. The molecule has 156 valence electrons. The second kappa shape index (κ2) is 9.35. The van der Waals surface area contributed by atoms with Crippen molar-refractivity contribution in [3.8, 4) is 11.5 Å². The van der Waals surface area contributed by atoms with Crippen LogP contribution in [0.5, 0.6) is 11.5 Å². The molecule has 2 aromatic carbocycles. The van der Waals surface area contributed by atoms with Crippen LogP contribution in [0.4, 0.5) is 4.79 Å². The molecule has 2 heterocycles. The van der Waals surface area contributed by atoms with Crippen molar-refractivity contribution in [3.63, 3.8) is 0 Å². The lowest BCUT2D eigenvalue weighted by Gasteiger charge is -2.23. The average Bonchev–Trinajstić information content (AvgIpc) is 3.29. The molecule has 1 aliphatic rings. The van der Waals surface area contributed by atoms with Crippen molar-refractivity contribution in [2.24, 2.45) is 0 Å². The van der Waals surface area contributed by atoms with E-state index in [9.17, 15) is 4.79 Å². The fourth-order valence-electron chi connectivity index (χ4n) is 3.37. The lowest BCUT2D eigenvalue weighted by atomic mass is 10.1. The minimum atomic E-state index is -0.0898. The number of carbonyl (C=O) groups excluding carboxylic acids is 1. The van der Waals surface area contributed by atoms with Gasteiger partial charge in [-0.1, -0.05) is 30.3 Å². The normalized spacial score (nSPS) is 12.4. The zero-order chi connectivity index (χ0) is 20.8. The van der Waals surface area contributed by atoms with Crippen molar-refractivity contribution >= 4 is 6.03 Å². The fraction of sp³-hybridized carbons (Fsp3) is 0.304. The third-order valence-electron chi connectivity index (χ3n) is 5.02. The summed E-state index contributed by atoms with van der Waals surface area (Å²) in [5.74, 6) is 1.50. The largest absolute Gasteiger partial charge is 0.486 e. The lowest BCUT2D eigenvalue weighted by Crippen LogP contribution is -2.39. The number of ether oxygens (including phenoxy) is 2. The van der Waals surface area contributed by atoms with E-state index in [1.165, 1.54) is 5.56 Å². The minimum absolute atomic E-state index is 0.0898. The van der Waals surface area contributed by atoms with Crippen molar-refractivity contribution in [2.75, 3.05) is 19.8 Å². The summed E-state index contributed by atoms with van der Waals surface area (Å²) in [7, 11) is 0. The number of aromatic nitrogens is 2. The summed E-state index contributed by atoms with van der Waals surface area (Å²) in [4.78, 5) is 14.4.